The number of rotatable bonds is 9. The van der Waals surface area contributed by atoms with E-state index >= 15 is 19.2 Å². The predicted octanol–water partition coefficient (Wildman–Crippen LogP) is 7.26. The van der Waals surface area contributed by atoms with E-state index in [9.17, 15) is 0 Å². The van der Waals surface area contributed by atoms with Crippen molar-refractivity contribution < 1.29 is 19.2 Å². The Balaban J connectivity index is 1.06. The molecule has 4 saturated heterocycles. The maximum absolute atomic E-state index is 15.5. The summed E-state index contributed by atoms with van der Waals surface area (Å²) in [5, 5.41) is 0. The molecule has 4 fully saturated rings. The van der Waals surface area contributed by atoms with Crippen molar-refractivity contribution in [2.24, 2.45) is 0 Å². The molecule has 322 valence electrons. The Kier molecular flexibility index (Phi) is 11.1. The summed E-state index contributed by atoms with van der Waals surface area (Å²) in [6.45, 7) is 2.92. The van der Waals surface area contributed by atoms with Crippen LogP contribution in [0.5, 0.6) is 0 Å². The Bertz CT molecular complexity index is 2750. The number of piperidine rings is 2. The first-order valence-corrected chi connectivity index (χ1v) is 22.5. The Morgan fingerprint density at radius 3 is 1.36 bits per heavy atom. The molecule has 2 spiro atoms. The lowest BCUT2D eigenvalue weighted by Crippen LogP contribution is -2.57. The number of imide groups is 2. The van der Waals surface area contributed by atoms with Gasteiger partial charge in [-0.2, -0.15) is 0 Å². The standard InChI is InChI=1S/C46H40Br2N12O4/c47-33-10-4-18-49-35(33)29-55-24-14-45(15-25-55)39(61)57(43(63)59(45)41-51-20-6-21-52-41)37-13-12-32(31-8-2-1-3-9-31)28-38(37)58-40(62)46(60(44(58)64)42-53-22-7-23-54-42)16-26-56(27-17-46)30-36-34(48)11-5-19-50-36/h1-13,18-23,28H,14-17,24-27,29-30H2. The summed E-state index contributed by atoms with van der Waals surface area (Å²) in [6, 6.07) is 24.2. The van der Waals surface area contributed by atoms with Crippen molar-refractivity contribution in [1.29, 1.82) is 0 Å². The van der Waals surface area contributed by atoms with E-state index < -0.39 is 35.0 Å². The number of aromatic nitrogens is 6. The molecule has 64 heavy (non-hydrogen) atoms. The fourth-order valence-corrected chi connectivity index (χ4v) is 10.1. The van der Waals surface area contributed by atoms with Crippen LogP contribution < -0.4 is 19.6 Å². The lowest BCUT2D eigenvalue weighted by molar-refractivity contribution is -0.124. The van der Waals surface area contributed by atoms with Crippen molar-refractivity contribution in [1.82, 2.24) is 39.7 Å². The van der Waals surface area contributed by atoms with Crippen LogP contribution in [-0.2, 0) is 22.7 Å². The molecule has 0 unspecified atom stereocenters. The molecule has 0 N–H and O–H groups in total. The van der Waals surface area contributed by atoms with Gasteiger partial charge in [-0.3, -0.25) is 29.4 Å². The van der Waals surface area contributed by atoms with Crippen molar-refractivity contribution in [3.8, 4) is 11.1 Å². The number of nitrogens with zero attached hydrogens (tertiary/aromatic N) is 12. The van der Waals surface area contributed by atoms with Gasteiger partial charge >= 0.3 is 12.1 Å². The Labute approximate surface area is 385 Å². The maximum Gasteiger partial charge on any atom is 0.339 e. The van der Waals surface area contributed by atoms with E-state index in [-0.39, 0.29) is 49.0 Å². The van der Waals surface area contributed by atoms with Gasteiger partial charge in [0.1, 0.15) is 11.1 Å². The van der Waals surface area contributed by atoms with Crippen LogP contribution in [-0.4, -0.2) is 101 Å². The van der Waals surface area contributed by atoms with Gasteiger partial charge in [-0.15, -0.1) is 0 Å². The molecule has 2 aromatic carbocycles. The SMILES string of the molecule is O=C1N(c2ccc(-c3ccccc3)cc2N2C(=O)N(c3ncccn3)C3(CCN(Cc4ncccc4Br)CC3)C2=O)C(=O)C2(CCN(Cc3ncccc3Br)CC2)N1c1ncccn1. The van der Waals surface area contributed by atoms with Gasteiger partial charge in [-0.05, 0) is 117 Å². The molecule has 0 bridgehead atoms. The van der Waals surface area contributed by atoms with Crippen LogP contribution in [0.1, 0.15) is 37.1 Å². The molecule has 4 aliphatic rings. The fourth-order valence-electron chi connectivity index (χ4n) is 9.37. The quantitative estimate of drug-likeness (QED) is 0.133. The Morgan fingerprint density at radius 2 is 0.906 bits per heavy atom. The average molecular weight is 985 g/mol. The van der Waals surface area contributed by atoms with Crippen LogP contribution in [0.15, 0.2) is 131 Å². The first-order chi connectivity index (χ1) is 31.2. The molecule has 16 nitrogen and oxygen atoms in total. The second-order valence-corrected chi connectivity index (χ2v) is 17.9. The first-order valence-electron chi connectivity index (χ1n) is 20.9. The number of urea groups is 2. The maximum atomic E-state index is 15.5. The number of amides is 6. The third kappa shape index (κ3) is 7.14. The molecular formula is C46H40Br2N12O4. The minimum atomic E-state index is -1.38. The van der Waals surface area contributed by atoms with Crippen LogP contribution in [0.25, 0.3) is 11.1 Å². The molecule has 4 aromatic heterocycles. The highest BCUT2D eigenvalue weighted by molar-refractivity contribution is 9.10. The zero-order chi connectivity index (χ0) is 44.0. The number of likely N-dealkylation sites (tertiary alicyclic amines) is 2. The van der Waals surface area contributed by atoms with Gasteiger partial charge in [-0.25, -0.2) is 49.1 Å². The minimum absolute atomic E-state index is 0.0780. The van der Waals surface area contributed by atoms with Crippen LogP contribution in [0.2, 0.25) is 0 Å². The largest absolute Gasteiger partial charge is 0.339 e. The lowest BCUT2D eigenvalue weighted by Gasteiger charge is -2.41. The summed E-state index contributed by atoms with van der Waals surface area (Å²) in [5.74, 6) is -0.838. The van der Waals surface area contributed by atoms with Crippen LogP contribution in [0.3, 0.4) is 0 Å². The van der Waals surface area contributed by atoms with Gasteiger partial charge in [0, 0.05) is 85.4 Å². The lowest BCUT2D eigenvalue weighted by atomic mass is 9.85. The monoisotopic (exact) mass is 982 g/mol. The number of hydrogen-bond acceptors (Lipinski definition) is 12. The third-order valence-electron chi connectivity index (χ3n) is 12.7. The number of hydrogen-bond donors (Lipinski definition) is 0. The summed E-state index contributed by atoms with van der Waals surface area (Å²) in [7, 11) is 0. The second-order valence-electron chi connectivity index (χ2n) is 16.2. The van der Waals surface area contributed by atoms with E-state index in [1.54, 1.807) is 42.7 Å². The molecule has 0 atom stereocenters. The van der Waals surface area contributed by atoms with Crippen molar-refractivity contribution >= 4 is 79.0 Å². The van der Waals surface area contributed by atoms with Crippen molar-refractivity contribution in [2.75, 3.05) is 45.8 Å². The summed E-state index contributed by atoms with van der Waals surface area (Å²) in [6.07, 6.45) is 10.7. The molecule has 6 amide bonds. The van der Waals surface area contributed by atoms with Crippen LogP contribution in [0, 0.1) is 0 Å². The molecule has 8 heterocycles. The van der Waals surface area contributed by atoms with Crippen molar-refractivity contribution in [3.63, 3.8) is 0 Å². The van der Waals surface area contributed by atoms with Gasteiger partial charge in [0.25, 0.3) is 11.8 Å². The van der Waals surface area contributed by atoms with E-state index in [0.29, 0.717) is 44.8 Å². The van der Waals surface area contributed by atoms with Crippen molar-refractivity contribution in [2.45, 2.75) is 49.9 Å². The Morgan fingerprint density at radius 1 is 0.469 bits per heavy atom. The van der Waals surface area contributed by atoms with Gasteiger partial charge in [-0.1, -0.05) is 36.4 Å². The number of halogens is 2. The highest BCUT2D eigenvalue weighted by atomic mass is 79.9. The van der Waals surface area contributed by atoms with E-state index in [2.05, 4.69) is 71.6 Å². The zero-order valence-electron chi connectivity index (χ0n) is 34.4. The Hall–Kier alpha value is -6.34. The highest BCUT2D eigenvalue weighted by Gasteiger charge is 2.63. The van der Waals surface area contributed by atoms with Crippen molar-refractivity contribution in [3.05, 3.63) is 142 Å². The molecule has 0 aliphatic carbocycles. The number of carbonyl (C=O) groups excluding carboxylic acids is 4. The number of benzene rings is 2. The van der Waals surface area contributed by atoms with Gasteiger partial charge in [0.05, 0.1) is 22.8 Å². The smallest absolute Gasteiger partial charge is 0.297 e. The van der Waals surface area contributed by atoms with E-state index in [1.807, 2.05) is 54.6 Å². The summed E-state index contributed by atoms with van der Waals surface area (Å²) in [5.41, 5.74) is 0.616. The third-order valence-corrected chi connectivity index (χ3v) is 14.1. The van der Waals surface area contributed by atoms with E-state index in [0.717, 1.165) is 35.7 Å². The number of pyridine rings is 2. The van der Waals surface area contributed by atoms with Gasteiger partial charge in [0.2, 0.25) is 11.9 Å². The summed E-state index contributed by atoms with van der Waals surface area (Å²) >= 11 is 7.22. The normalized spacial score (nSPS) is 18.8. The molecule has 0 radical (unpaired) electrons. The van der Waals surface area contributed by atoms with Gasteiger partial charge in [0.15, 0.2) is 0 Å². The molecule has 0 saturated carbocycles. The molecule has 10 rings (SSSR count). The van der Waals surface area contributed by atoms with Crippen LogP contribution in [0.4, 0.5) is 32.9 Å². The zero-order valence-corrected chi connectivity index (χ0v) is 37.5. The highest BCUT2D eigenvalue weighted by Crippen LogP contribution is 2.48. The second kappa shape index (κ2) is 17.0. The predicted molar refractivity (Wildman–Crippen MR) is 245 cm³/mol. The molecule has 6 aromatic rings. The van der Waals surface area contributed by atoms with Gasteiger partial charge < -0.3 is 0 Å². The minimum Gasteiger partial charge on any atom is -0.297 e. The summed E-state index contributed by atoms with van der Waals surface area (Å²) in [4.78, 5) is 97.8. The first kappa shape index (κ1) is 41.7. The fraction of sp³-hybridized carbons (Fsp3) is 0.261. The average Bonchev–Trinajstić information content (AvgIpc) is 3.66. The summed E-state index contributed by atoms with van der Waals surface area (Å²) < 4.78 is 1.76. The van der Waals surface area contributed by atoms with Crippen LogP contribution >= 0.6 is 31.9 Å². The number of anilines is 4. The molecule has 4 aliphatic heterocycles. The molecular weight excluding hydrogens is 944 g/mol. The topological polar surface area (TPSA) is 165 Å². The molecule has 18 heteroatoms. The number of carbonyl (C=O) groups is 4. The van der Waals surface area contributed by atoms with E-state index in [4.69, 9.17) is 0 Å². The van der Waals surface area contributed by atoms with E-state index in [1.165, 1.54) is 34.6 Å².